The number of hydrogen-bond acceptors (Lipinski definition) is 4. The summed E-state index contributed by atoms with van der Waals surface area (Å²) in [7, 11) is 0. The molecule has 5 heteroatoms. The van der Waals surface area contributed by atoms with E-state index in [0.29, 0.717) is 19.1 Å². The van der Waals surface area contributed by atoms with Crippen molar-refractivity contribution >= 4 is 5.91 Å². The minimum atomic E-state index is 0.0490. The molecule has 2 heterocycles. The molecule has 24 heavy (non-hydrogen) atoms. The minimum absolute atomic E-state index is 0.0490. The Morgan fingerprint density at radius 2 is 2.29 bits per heavy atom. The zero-order chi connectivity index (χ0) is 16.9. The smallest absolute Gasteiger partial charge is 0.223 e. The van der Waals surface area contributed by atoms with Crippen LogP contribution in [0.5, 0.6) is 5.75 Å². The highest BCUT2D eigenvalue weighted by Gasteiger charge is 2.28. The zero-order valence-electron chi connectivity index (χ0n) is 14.6. The Kier molecular flexibility index (Phi) is 5.74. The lowest BCUT2D eigenvalue weighted by atomic mass is 9.88. The third kappa shape index (κ3) is 4.28. The second-order valence-electron chi connectivity index (χ2n) is 6.98. The van der Waals surface area contributed by atoms with E-state index in [4.69, 9.17) is 9.47 Å². The summed E-state index contributed by atoms with van der Waals surface area (Å²) in [5.41, 5.74) is 2.17. The van der Waals surface area contributed by atoms with Crippen LogP contribution in [-0.2, 0) is 16.1 Å². The Bertz CT molecular complexity index is 566. The van der Waals surface area contributed by atoms with Crippen LogP contribution >= 0.6 is 0 Å². The first kappa shape index (κ1) is 17.2. The van der Waals surface area contributed by atoms with Gasteiger partial charge in [0.2, 0.25) is 5.91 Å². The van der Waals surface area contributed by atoms with E-state index in [0.717, 1.165) is 49.4 Å². The van der Waals surface area contributed by atoms with Crippen molar-refractivity contribution in [2.45, 2.75) is 39.3 Å². The molecule has 2 aliphatic heterocycles. The van der Waals surface area contributed by atoms with Crippen LogP contribution in [0, 0.1) is 18.8 Å². The molecule has 2 saturated heterocycles. The quantitative estimate of drug-likeness (QED) is 0.802. The molecular formula is C19H28N2O3. The van der Waals surface area contributed by atoms with E-state index in [2.05, 4.69) is 16.7 Å². The number of carbonyl (C=O) groups is 1. The maximum Gasteiger partial charge on any atom is 0.223 e. The van der Waals surface area contributed by atoms with Gasteiger partial charge in [0.05, 0.1) is 6.10 Å². The van der Waals surface area contributed by atoms with E-state index in [-0.39, 0.29) is 17.9 Å². The number of benzene rings is 1. The highest BCUT2D eigenvalue weighted by Crippen LogP contribution is 2.23. The zero-order valence-corrected chi connectivity index (χ0v) is 14.6. The molecular weight excluding hydrogens is 304 g/mol. The Morgan fingerprint density at radius 3 is 2.96 bits per heavy atom. The molecule has 0 saturated carbocycles. The Hall–Kier alpha value is -1.59. The van der Waals surface area contributed by atoms with Gasteiger partial charge in [-0.1, -0.05) is 19.1 Å². The molecule has 0 bridgehead atoms. The van der Waals surface area contributed by atoms with Gasteiger partial charge in [0, 0.05) is 24.6 Å². The average Bonchev–Trinajstić information content (AvgIpc) is 3.03. The topological polar surface area (TPSA) is 59.6 Å². The van der Waals surface area contributed by atoms with Gasteiger partial charge in [-0.2, -0.15) is 0 Å². The van der Waals surface area contributed by atoms with Crippen molar-refractivity contribution in [1.82, 2.24) is 10.6 Å². The lowest BCUT2D eigenvalue weighted by Crippen LogP contribution is -2.49. The van der Waals surface area contributed by atoms with E-state index in [1.807, 2.05) is 26.0 Å². The number of amides is 1. The number of ether oxygens (including phenoxy) is 2. The predicted molar refractivity (Wildman–Crippen MR) is 93.0 cm³/mol. The highest BCUT2D eigenvalue weighted by atomic mass is 16.5. The molecule has 2 atom stereocenters. The molecule has 1 aromatic carbocycles. The molecule has 2 aliphatic rings. The highest BCUT2D eigenvalue weighted by molar-refractivity contribution is 5.78. The van der Waals surface area contributed by atoms with E-state index in [9.17, 15) is 4.79 Å². The fourth-order valence-corrected chi connectivity index (χ4v) is 3.12. The number of aryl methyl sites for hydroxylation is 1. The molecule has 3 rings (SSSR count). The average molecular weight is 332 g/mol. The van der Waals surface area contributed by atoms with Crippen molar-refractivity contribution in [3.8, 4) is 5.75 Å². The predicted octanol–water partition coefficient (Wildman–Crippen LogP) is 2.02. The molecule has 2 fully saturated rings. The molecule has 0 aliphatic carbocycles. The first-order chi connectivity index (χ1) is 11.6. The monoisotopic (exact) mass is 332 g/mol. The van der Waals surface area contributed by atoms with Crippen molar-refractivity contribution in [2.24, 2.45) is 11.8 Å². The summed E-state index contributed by atoms with van der Waals surface area (Å²) in [6.45, 7) is 7.85. The van der Waals surface area contributed by atoms with Crippen molar-refractivity contribution < 1.29 is 14.3 Å². The summed E-state index contributed by atoms with van der Waals surface area (Å²) in [5, 5.41) is 6.28. The fraction of sp³-hybridized carbons (Fsp3) is 0.632. The minimum Gasteiger partial charge on any atom is -0.491 e. The van der Waals surface area contributed by atoms with Gasteiger partial charge in [0.15, 0.2) is 0 Å². The Morgan fingerprint density at radius 1 is 1.46 bits per heavy atom. The molecule has 132 valence electrons. The second kappa shape index (κ2) is 7.99. The third-order valence-corrected chi connectivity index (χ3v) is 5.06. The van der Waals surface area contributed by atoms with Gasteiger partial charge in [-0.15, -0.1) is 0 Å². The van der Waals surface area contributed by atoms with Crippen LogP contribution in [0.1, 0.15) is 30.9 Å². The van der Waals surface area contributed by atoms with Gasteiger partial charge in [-0.25, -0.2) is 0 Å². The third-order valence-electron chi connectivity index (χ3n) is 5.06. The van der Waals surface area contributed by atoms with Gasteiger partial charge >= 0.3 is 0 Å². The Balaban J connectivity index is 1.56. The van der Waals surface area contributed by atoms with Crippen molar-refractivity contribution in [1.29, 1.82) is 0 Å². The van der Waals surface area contributed by atoms with Crippen LogP contribution < -0.4 is 15.4 Å². The lowest BCUT2D eigenvalue weighted by molar-refractivity contribution is -0.126. The maximum atomic E-state index is 12.3. The van der Waals surface area contributed by atoms with Gasteiger partial charge in [-0.05, 0) is 50.4 Å². The van der Waals surface area contributed by atoms with Crippen molar-refractivity contribution in [2.75, 3.05) is 26.3 Å². The molecule has 2 unspecified atom stereocenters. The summed E-state index contributed by atoms with van der Waals surface area (Å²) in [5.74, 6) is 1.47. The molecule has 2 N–H and O–H groups in total. The first-order valence-corrected chi connectivity index (χ1v) is 8.96. The molecule has 0 radical (unpaired) electrons. The summed E-state index contributed by atoms with van der Waals surface area (Å²) in [6.07, 6.45) is 2.36. The van der Waals surface area contributed by atoms with Crippen LogP contribution in [0.15, 0.2) is 18.2 Å². The second-order valence-corrected chi connectivity index (χ2v) is 6.98. The van der Waals surface area contributed by atoms with Gasteiger partial charge in [0.25, 0.3) is 0 Å². The van der Waals surface area contributed by atoms with Gasteiger partial charge < -0.3 is 20.1 Å². The van der Waals surface area contributed by atoms with Crippen molar-refractivity contribution in [3.63, 3.8) is 0 Å². The summed E-state index contributed by atoms with van der Waals surface area (Å²) >= 11 is 0. The fourth-order valence-electron chi connectivity index (χ4n) is 3.12. The SMILES string of the molecule is Cc1ccc(CNC(=O)C(C)C2CNC2)c(OCC2CCCO2)c1. The van der Waals surface area contributed by atoms with Crippen molar-refractivity contribution in [3.05, 3.63) is 29.3 Å². The van der Waals surface area contributed by atoms with E-state index in [1.54, 1.807) is 0 Å². The van der Waals surface area contributed by atoms with Crippen LogP contribution in [0.4, 0.5) is 0 Å². The van der Waals surface area contributed by atoms with Crippen LogP contribution in [-0.4, -0.2) is 38.3 Å². The largest absolute Gasteiger partial charge is 0.491 e. The summed E-state index contributed by atoms with van der Waals surface area (Å²) < 4.78 is 11.6. The lowest BCUT2D eigenvalue weighted by Gasteiger charge is -2.31. The van der Waals surface area contributed by atoms with Crippen LogP contribution in [0.2, 0.25) is 0 Å². The number of carbonyl (C=O) groups excluding carboxylic acids is 1. The maximum absolute atomic E-state index is 12.3. The molecule has 1 amide bonds. The summed E-state index contributed by atoms with van der Waals surface area (Å²) in [4.78, 5) is 12.3. The van der Waals surface area contributed by atoms with E-state index < -0.39 is 0 Å². The molecule has 5 nitrogen and oxygen atoms in total. The van der Waals surface area contributed by atoms with Gasteiger partial charge in [0.1, 0.15) is 12.4 Å². The van der Waals surface area contributed by atoms with E-state index in [1.165, 1.54) is 0 Å². The van der Waals surface area contributed by atoms with Gasteiger partial charge in [-0.3, -0.25) is 4.79 Å². The first-order valence-electron chi connectivity index (χ1n) is 8.96. The van der Waals surface area contributed by atoms with Crippen LogP contribution in [0.25, 0.3) is 0 Å². The normalized spacial score (nSPS) is 22.0. The molecule has 0 aromatic heterocycles. The van der Waals surface area contributed by atoms with Crippen LogP contribution in [0.3, 0.4) is 0 Å². The molecule has 0 spiro atoms. The number of hydrogen-bond donors (Lipinski definition) is 2. The summed E-state index contributed by atoms with van der Waals surface area (Å²) in [6, 6.07) is 6.13. The Labute approximate surface area is 144 Å². The number of nitrogens with one attached hydrogen (secondary N) is 2. The molecule has 1 aromatic rings. The number of rotatable bonds is 7. The standard InChI is InChI=1S/C19H28N2O3/c1-13-5-6-15(11-21-19(22)14(2)16-9-20-10-16)18(8-13)24-12-17-4-3-7-23-17/h5-6,8,14,16-17,20H,3-4,7,9-12H2,1-2H3,(H,21,22). The van der Waals surface area contributed by atoms with E-state index >= 15 is 0 Å².